The molecule has 1 fully saturated rings. The zero-order valence-corrected chi connectivity index (χ0v) is 10.7. The van der Waals surface area contributed by atoms with Crippen molar-refractivity contribution in [3.8, 4) is 0 Å². The van der Waals surface area contributed by atoms with Crippen LogP contribution in [0.2, 0.25) is 0 Å². The van der Waals surface area contributed by atoms with Crippen LogP contribution in [0.25, 0.3) is 0 Å². The number of nitrogens with zero attached hydrogens (tertiary/aromatic N) is 1. The van der Waals surface area contributed by atoms with Gasteiger partial charge in [-0.3, -0.25) is 9.69 Å². The van der Waals surface area contributed by atoms with Gasteiger partial charge in [0.1, 0.15) is 5.54 Å². The maximum absolute atomic E-state index is 12.5. The normalized spacial score (nSPS) is 25.4. The predicted molar refractivity (Wildman–Crippen MR) is 71.6 cm³/mol. The molecule has 19 heavy (non-hydrogen) atoms. The van der Waals surface area contributed by atoms with Gasteiger partial charge in [-0.15, -0.1) is 6.58 Å². The first kappa shape index (κ1) is 12.0. The van der Waals surface area contributed by atoms with Crippen molar-refractivity contribution in [1.82, 2.24) is 10.2 Å². The quantitative estimate of drug-likeness (QED) is 0.646. The van der Waals surface area contributed by atoms with Gasteiger partial charge in [-0.1, -0.05) is 30.3 Å². The minimum Gasteiger partial charge on any atom is -0.323 e. The van der Waals surface area contributed by atoms with Crippen molar-refractivity contribution in [2.75, 3.05) is 6.54 Å². The lowest BCUT2D eigenvalue weighted by molar-refractivity contribution is -0.131. The van der Waals surface area contributed by atoms with E-state index in [9.17, 15) is 9.59 Å². The molecule has 1 saturated heterocycles. The summed E-state index contributed by atoms with van der Waals surface area (Å²) in [4.78, 5) is 25.6. The molecule has 0 saturated carbocycles. The Morgan fingerprint density at radius 3 is 2.79 bits per heavy atom. The van der Waals surface area contributed by atoms with Crippen molar-refractivity contribution in [1.29, 1.82) is 0 Å². The molecule has 1 aliphatic heterocycles. The van der Waals surface area contributed by atoms with Gasteiger partial charge in [0, 0.05) is 13.0 Å². The lowest BCUT2D eigenvalue weighted by Gasteiger charge is -2.32. The molecule has 2 aliphatic rings. The summed E-state index contributed by atoms with van der Waals surface area (Å²) >= 11 is 0. The van der Waals surface area contributed by atoms with E-state index in [0.717, 1.165) is 12.0 Å². The third-order valence-corrected chi connectivity index (χ3v) is 3.99. The third kappa shape index (κ3) is 1.75. The summed E-state index contributed by atoms with van der Waals surface area (Å²) in [5, 5.41) is 2.88. The second-order valence-corrected chi connectivity index (χ2v) is 5.16. The molecule has 3 rings (SSSR count). The Kier molecular flexibility index (Phi) is 2.66. The van der Waals surface area contributed by atoms with Crippen molar-refractivity contribution >= 4 is 11.9 Å². The van der Waals surface area contributed by atoms with E-state index in [0.29, 0.717) is 12.8 Å². The third-order valence-electron chi connectivity index (χ3n) is 3.99. The van der Waals surface area contributed by atoms with Crippen LogP contribution in [0.1, 0.15) is 17.5 Å². The number of amides is 3. The molecule has 1 aromatic carbocycles. The van der Waals surface area contributed by atoms with Gasteiger partial charge in [0.2, 0.25) is 0 Å². The molecule has 1 N–H and O–H groups in total. The number of fused-ring (bicyclic) bond motifs is 1. The molecule has 1 aliphatic carbocycles. The molecule has 3 amide bonds. The molecule has 1 unspecified atom stereocenters. The fourth-order valence-corrected chi connectivity index (χ4v) is 3.00. The molecular weight excluding hydrogens is 240 g/mol. The highest BCUT2D eigenvalue weighted by atomic mass is 16.2. The Morgan fingerprint density at radius 2 is 2.05 bits per heavy atom. The molecule has 4 heteroatoms. The van der Waals surface area contributed by atoms with Crippen molar-refractivity contribution in [2.24, 2.45) is 0 Å². The Hall–Kier alpha value is -2.10. The summed E-state index contributed by atoms with van der Waals surface area (Å²) in [5.74, 6) is -0.119. The molecular formula is C15H16N2O2. The van der Waals surface area contributed by atoms with Gasteiger partial charge in [0.15, 0.2) is 0 Å². The number of carbonyl (C=O) groups is 2. The minimum absolute atomic E-state index is 0.119. The van der Waals surface area contributed by atoms with Crippen LogP contribution < -0.4 is 5.32 Å². The summed E-state index contributed by atoms with van der Waals surface area (Å²) in [6, 6.07) is 7.80. The second-order valence-electron chi connectivity index (χ2n) is 5.16. The Bertz CT molecular complexity index is 567. The lowest BCUT2D eigenvalue weighted by Crippen LogP contribution is -2.51. The van der Waals surface area contributed by atoms with E-state index in [1.807, 2.05) is 18.2 Å². The standard InChI is InChI=1S/C15H16N2O2/c1-2-9-17-13(18)15(16-14(17)19)8-7-11-5-3-4-6-12(11)10-15/h2-6H,1,7-10H2,(H,16,19). The fraction of sp³-hybridized carbons (Fsp3) is 0.333. The number of nitrogens with one attached hydrogen (secondary N) is 1. The number of hydrogen-bond acceptors (Lipinski definition) is 2. The van der Waals surface area contributed by atoms with Crippen molar-refractivity contribution in [3.63, 3.8) is 0 Å². The highest BCUT2D eigenvalue weighted by Gasteiger charge is 2.51. The van der Waals surface area contributed by atoms with Gasteiger partial charge >= 0.3 is 6.03 Å². The van der Waals surface area contributed by atoms with Gasteiger partial charge in [-0.25, -0.2) is 4.79 Å². The number of urea groups is 1. The number of benzene rings is 1. The van der Waals surface area contributed by atoms with E-state index in [1.165, 1.54) is 10.5 Å². The lowest BCUT2D eigenvalue weighted by atomic mass is 9.78. The molecule has 98 valence electrons. The maximum Gasteiger partial charge on any atom is 0.325 e. The molecule has 1 heterocycles. The Balaban J connectivity index is 1.93. The molecule has 0 radical (unpaired) electrons. The van der Waals surface area contributed by atoms with Gasteiger partial charge < -0.3 is 5.32 Å². The summed E-state index contributed by atoms with van der Waals surface area (Å²) in [5.41, 5.74) is 1.69. The van der Waals surface area contributed by atoms with E-state index < -0.39 is 5.54 Å². The average molecular weight is 256 g/mol. The van der Waals surface area contributed by atoms with Crippen LogP contribution in [0, 0.1) is 0 Å². The molecule has 1 spiro atoms. The molecule has 0 aromatic heterocycles. The summed E-state index contributed by atoms with van der Waals surface area (Å²) in [6.45, 7) is 3.86. The van der Waals surface area contributed by atoms with Crippen molar-refractivity contribution in [2.45, 2.75) is 24.8 Å². The largest absolute Gasteiger partial charge is 0.325 e. The molecule has 1 atom stereocenters. The minimum atomic E-state index is -0.742. The Morgan fingerprint density at radius 1 is 1.32 bits per heavy atom. The zero-order chi connectivity index (χ0) is 13.5. The van der Waals surface area contributed by atoms with Crippen LogP contribution in [0.15, 0.2) is 36.9 Å². The zero-order valence-electron chi connectivity index (χ0n) is 10.7. The van der Waals surface area contributed by atoms with Crippen molar-refractivity contribution in [3.05, 3.63) is 48.0 Å². The van der Waals surface area contributed by atoms with E-state index >= 15 is 0 Å². The van der Waals surface area contributed by atoms with Crippen LogP contribution in [-0.4, -0.2) is 28.9 Å². The number of aryl methyl sites for hydroxylation is 1. The molecule has 4 nitrogen and oxygen atoms in total. The first-order valence-electron chi connectivity index (χ1n) is 6.48. The predicted octanol–water partition coefficient (Wildman–Crippen LogP) is 1.65. The molecule has 0 bridgehead atoms. The van der Waals surface area contributed by atoms with Gasteiger partial charge in [-0.2, -0.15) is 0 Å². The topological polar surface area (TPSA) is 49.4 Å². The fourth-order valence-electron chi connectivity index (χ4n) is 3.00. The second kappa shape index (κ2) is 4.23. The van der Waals surface area contributed by atoms with Gasteiger partial charge in [0.05, 0.1) is 0 Å². The van der Waals surface area contributed by atoms with Crippen LogP contribution >= 0.6 is 0 Å². The van der Waals surface area contributed by atoms with Crippen molar-refractivity contribution < 1.29 is 9.59 Å². The highest BCUT2D eigenvalue weighted by Crippen LogP contribution is 2.33. The number of rotatable bonds is 2. The molecule has 1 aromatic rings. The first-order chi connectivity index (χ1) is 9.16. The maximum atomic E-state index is 12.5. The first-order valence-corrected chi connectivity index (χ1v) is 6.48. The van der Waals surface area contributed by atoms with Crippen LogP contribution in [0.3, 0.4) is 0 Å². The summed E-state index contributed by atoms with van der Waals surface area (Å²) < 4.78 is 0. The summed E-state index contributed by atoms with van der Waals surface area (Å²) in [7, 11) is 0. The monoisotopic (exact) mass is 256 g/mol. The number of imide groups is 1. The average Bonchev–Trinajstić information content (AvgIpc) is 2.64. The van der Waals surface area contributed by atoms with Gasteiger partial charge in [-0.05, 0) is 24.0 Å². The van der Waals surface area contributed by atoms with E-state index in [-0.39, 0.29) is 18.5 Å². The number of carbonyl (C=O) groups excluding carboxylic acids is 2. The SMILES string of the molecule is C=CCN1C(=O)NC2(CCc3ccccc3C2)C1=O. The smallest absolute Gasteiger partial charge is 0.323 e. The van der Waals surface area contributed by atoms with E-state index in [4.69, 9.17) is 0 Å². The Labute approximate surface area is 112 Å². The van der Waals surface area contributed by atoms with Crippen LogP contribution in [-0.2, 0) is 17.6 Å². The van der Waals surface area contributed by atoms with E-state index in [2.05, 4.69) is 18.0 Å². The number of hydrogen-bond donors (Lipinski definition) is 1. The summed E-state index contributed by atoms with van der Waals surface area (Å²) in [6.07, 6.45) is 3.65. The van der Waals surface area contributed by atoms with Gasteiger partial charge in [0.25, 0.3) is 5.91 Å². The highest BCUT2D eigenvalue weighted by molar-refractivity contribution is 6.07. The van der Waals surface area contributed by atoms with Crippen LogP contribution in [0.4, 0.5) is 4.79 Å². The van der Waals surface area contributed by atoms with Crippen LogP contribution in [0.5, 0.6) is 0 Å². The van der Waals surface area contributed by atoms with E-state index in [1.54, 1.807) is 6.08 Å².